The number of carbonyl (C=O) groups is 2. The first-order valence-corrected chi connectivity index (χ1v) is 17.2. The van der Waals surface area contributed by atoms with E-state index in [2.05, 4.69) is 0 Å². The lowest BCUT2D eigenvalue weighted by molar-refractivity contribution is -0.146. The molecule has 0 atom stereocenters. The van der Waals surface area contributed by atoms with Gasteiger partial charge < -0.3 is 19.7 Å². The second kappa shape index (κ2) is 34.1. The first kappa shape index (κ1) is 38.9. The predicted molar refractivity (Wildman–Crippen MR) is 165 cm³/mol. The van der Waals surface area contributed by atoms with E-state index >= 15 is 0 Å². The van der Waals surface area contributed by atoms with Crippen LogP contribution >= 0.6 is 0 Å². The summed E-state index contributed by atoms with van der Waals surface area (Å²) in [5, 5.41) is 17.5. The molecule has 238 valence electrons. The van der Waals surface area contributed by atoms with Crippen molar-refractivity contribution in [2.75, 3.05) is 26.4 Å². The Morgan fingerprint density at radius 3 is 0.800 bits per heavy atom. The highest BCUT2D eigenvalue weighted by molar-refractivity contribution is 5.69. The molecule has 2 N–H and O–H groups in total. The van der Waals surface area contributed by atoms with Crippen LogP contribution in [0.25, 0.3) is 0 Å². The third-order valence-electron chi connectivity index (χ3n) is 7.64. The Morgan fingerprint density at radius 1 is 0.325 bits per heavy atom. The monoisotopic (exact) mass is 570 g/mol. The molecule has 0 aliphatic carbocycles. The maximum atomic E-state index is 11.9. The standard InChI is InChI=1S/C34H66O6/c35-29-23-19-15-11-7-3-1-5-9-13-17-21-27-33(37)39-31-25-26-32-40-34(38)28-22-18-14-10-6-2-4-8-12-16-20-24-30-36/h35-36H,1-32H2. The van der Waals surface area contributed by atoms with Gasteiger partial charge in [0.15, 0.2) is 0 Å². The van der Waals surface area contributed by atoms with E-state index in [1.165, 1.54) is 103 Å². The second-order valence-electron chi connectivity index (χ2n) is 11.6. The van der Waals surface area contributed by atoms with Gasteiger partial charge in [0.25, 0.3) is 0 Å². The highest BCUT2D eigenvalue weighted by atomic mass is 16.5. The topological polar surface area (TPSA) is 93.1 Å². The number of esters is 2. The SMILES string of the molecule is O=C(CCCCCCCCCCCCCCO)OCCCCOC(=O)CCCCCCCCCCCCCCO. The molecule has 0 bridgehead atoms. The predicted octanol–water partition coefficient (Wildman–Crippen LogP) is 8.98. The number of hydrogen-bond donors (Lipinski definition) is 2. The molecule has 0 amide bonds. The van der Waals surface area contributed by atoms with Crippen molar-refractivity contribution in [3.8, 4) is 0 Å². The molecule has 0 aromatic rings. The molecule has 0 aromatic heterocycles. The lowest BCUT2D eigenvalue weighted by Gasteiger charge is -2.07. The summed E-state index contributed by atoms with van der Waals surface area (Å²) < 4.78 is 10.6. The quantitative estimate of drug-likeness (QED) is 0.0604. The van der Waals surface area contributed by atoms with Crippen LogP contribution in [0.4, 0.5) is 0 Å². The van der Waals surface area contributed by atoms with Crippen LogP contribution in [0, 0.1) is 0 Å². The molecule has 0 saturated heterocycles. The molecule has 0 fully saturated rings. The molecule has 0 heterocycles. The Labute approximate surface area is 247 Å². The molecule has 40 heavy (non-hydrogen) atoms. The highest BCUT2D eigenvalue weighted by Gasteiger charge is 2.05. The van der Waals surface area contributed by atoms with Crippen LogP contribution in [-0.2, 0) is 19.1 Å². The highest BCUT2D eigenvalue weighted by Crippen LogP contribution is 2.14. The van der Waals surface area contributed by atoms with Crippen molar-refractivity contribution in [3.05, 3.63) is 0 Å². The first-order chi connectivity index (χ1) is 19.7. The maximum Gasteiger partial charge on any atom is 0.305 e. The van der Waals surface area contributed by atoms with E-state index in [9.17, 15) is 9.59 Å². The van der Waals surface area contributed by atoms with Gasteiger partial charge in [0.05, 0.1) is 13.2 Å². The van der Waals surface area contributed by atoms with Gasteiger partial charge in [-0.1, -0.05) is 128 Å². The van der Waals surface area contributed by atoms with Gasteiger partial charge in [-0.05, 0) is 38.5 Å². The van der Waals surface area contributed by atoms with Crippen molar-refractivity contribution in [2.45, 2.75) is 180 Å². The third kappa shape index (κ3) is 33.1. The summed E-state index contributed by atoms with van der Waals surface area (Å²) in [7, 11) is 0. The fraction of sp³-hybridized carbons (Fsp3) is 0.941. The number of carbonyl (C=O) groups excluding carboxylic acids is 2. The van der Waals surface area contributed by atoms with Gasteiger partial charge in [0, 0.05) is 26.1 Å². The maximum absolute atomic E-state index is 11.9. The van der Waals surface area contributed by atoms with Crippen molar-refractivity contribution >= 4 is 11.9 Å². The average Bonchev–Trinajstić information content (AvgIpc) is 2.95. The van der Waals surface area contributed by atoms with Crippen molar-refractivity contribution in [2.24, 2.45) is 0 Å². The Balaban J connectivity index is 3.26. The molecule has 6 nitrogen and oxygen atoms in total. The largest absolute Gasteiger partial charge is 0.466 e. The molecular formula is C34H66O6. The summed E-state index contributed by atoms with van der Waals surface area (Å²) in [6.07, 6.45) is 31.2. The smallest absolute Gasteiger partial charge is 0.305 e. The van der Waals surface area contributed by atoms with Gasteiger partial charge in [0.2, 0.25) is 0 Å². The normalized spacial score (nSPS) is 11.2. The van der Waals surface area contributed by atoms with Crippen LogP contribution in [0.1, 0.15) is 180 Å². The molecule has 0 aliphatic heterocycles. The van der Waals surface area contributed by atoms with Gasteiger partial charge in [0.1, 0.15) is 0 Å². The minimum absolute atomic E-state index is 0.104. The number of hydrogen-bond acceptors (Lipinski definition) is 6. The fourth-order valence-corrected chi connectivity index (χ4v) is 5.02. The van der Waals surface area contributed by atoms with E-state index in [4.69, 9.17) is 19.7 Å². The van der Waals surface area contributed by atoms with Crippen LogP contribution < -0.4 is 0 Å². The van der Waals surface area contributed by atoms with Crippen LogP contribution in [0.5, 0.6) is 0 Å². The lowest BCUT2D eigenvalue weighted by Crippen LogP contribution is -2.08. The summed E-state index contributed by atoms with van der Waals surface area (Å²) >= 11 is 0. The first-order valence-electron chi connectivity index (χ1n) is 17.2. The van der Waals surface area contributed by atoms with Crippen LogP contribution in [-0.4, -0.2) is 48.6 Å². The summed E-state index contributed by atoms with van der Waals surface area (Å²) in [6.45, 7) is 1.49. The molecule has 0 spiro atoms. The average molecular weight is 571 g/mol. The molecule has 0 aliphatic rings. The summed E-state index contributed by atoms with van der Waals surface area (Å²) in [4.78, 5) is 23.7. The molecule has 0 saturated carbocycles. The van der Waals surface area contributed by atoms with E-state index in [1.807, 2.05) is 0 Å². The number of unbranched alkanes of at least 4 members (excludes halogenated alkanes) is 23. The minimum Gasteiger partial charge on any atom is -0.466 e. The number of rotatable bonds is 33. The molecule has 0 radical (unpaired) electrons. The summed E-state index contributed by atoms with van der Waals surface area (Å²) in [5.74, 6) is -0.208. The van der Waals surface area contributed by atoms with Gasteiger partial charge >= 0.3 is 11.9 Å². The number of aliphatic hydroxyl groups is 2. The Hall–Kier alpha value is -1.14. The zero-order valence-corrected chi connectivity index (χ0v) is 26.2. The molecule has 0 rings (SSSR count). The number of aliphatic hydroxyl groups excluding tert-OH is 2. The Morgan fingerprint density at radius 2 is 0.550 bits per heavy atom. The fourth-order valence-electron chi connectivity index (χ4n) is 5.02. The van der Waals surface area contributed by atoms with Crippen molar-refractivity contribution in [3.63, 3.8) is 0 Å². The van der Waals surface area contributed by atoms with Gasteiger partial charge in [-0.15, -0.1) is 0 Å². The second-order valence-corrected chi connectivity index (χ2v) is 11.6. The van der Waals surface area contributed by atoms with E-state index < -0.39 is 0 Å². The van der Waals surface area contributed by atoms with E-state index in [0.29, 0.717) is 39.3 Å². The van der Waals surface area contributed by atoms with Crippen LogP contribution in [0.2, 0.25) is 0 Å². The van der Waals surface area contributed by atoms with E-state index in [0.717, 1.165) is 64.2 Å². The zero-order chi connectivity index (χ0) is 29.2. The van der Waals surface area contributed by atoms with E-state index in [1.54, 1.807) is 0 Å². The van der Waals surface area contributed by atoms with E-state index in [-0.39, 0.29) is 11.9 Å². The van der Waals surface area contributed by atoms with Gasteiger partial charge in [-0.3, -0.25) is 9.59 Å². The Kier molecular flexibility index (Phi) is 33.1. The van der Waals surface area contributed by atoms with Gasteiger partial charge in [-0.25, -0.2) is 0 Å². The minimum atomic E-state index is -0.104. The van der Waals surface area contributed by atoms with Crippen molar-refractivity contribution < 1.29 is 29.3 Å². The molecule has 6 heteroatoms. The Bertz CT molecular complexity index is 479. The van der Waals surface area contributed by atoms with Crippen LogP contribution in [0.15, 0.2) is 0 Å². The summed E-state index contributed by atoms with van der Waals surface area (Å²) in [6, 6.07) is 0. The summed E-state index contributed by atoms with van der Waals surface area (Å²) in [5.41, 5.74) is 0. The lowest BCUT2D eigenvalue weighted by atomic mass is 10.0. The molecule has 0 aromatic carbocycles. The number of ether oxygens (including phenoxy) is 2. The van der Waals surface area contributed by atoms with Gasteiger partial charge in [-0.2, -0.15) is 0 Å². The third-order valence-corrected chi connectivity index (χ3v) is 7.64. The molecular weight excluding hydrogens is 504 g/mol. The van der Waals surface area contributed by atoms with Crippen LogP contribution in [0.3, 0.4) is 0 Å². The van der Waals surface area contributed by atoms with Crippen molar-refractivity contribution in [1.29, 1.82) is 0 Å². The molecule has 0 unspecified atom stereocenters. The van der Waals surface area contributed by atoms with Crippen molar-refractivity contribution in [1.82, 2.24) is 0 Å². The zero-order valence-electron chi connectivity index (χ0n) is 26.2.